The fourth-order valence-electron chi connectivity index (χ4n) is 1.53. The molecule has 1 N–H and O–H groups in total. The molecule has 0 heterocycles. The van der Waals surface area contributed by atoms with Crippen LogP contribution in [0.1, 0.15) is 53.4 Å². The van der Waals surface area contributed by atoms with Gasteiger partial charge >= 0.3 is 0 Å². The fraction of sp³-hybridized carbons (Fsp3) is 1.00. The van der Waals surface area contributed by atoms with E-state index >= 15 is 0 Å². The van der Waals surface area contributed by atoms with Gasteiger partial charge in [-0.3, -0.25) is 0 Å². The molecule has 0 aliphatic carbocycles. The van der Waals surface area contributed by atoms with Crippen LogP contribution in [0.5, 0.6) is 0 Å². The van der Waals surface area contributed by atoms with E-state index in [1.54, 1.807) is 0 Å². The van der Waals surface area contributed by atoms with E-state index in [2.05, 4.69) is 45.0 Å². The first kappa shape index (κ1) is 14.9. The molecule has 0 rings (SSSR count). The molecular formula is C13H30N2. The van der Waals surface area contributed by atoms with Gasteiger partial charge in [-0.15, -0.1) is 0 Å². The maximum Gasteiger partial charge on any atom is 0.0147 e. The summed E-state index contributed by atoms with van der Waals surface area (Å²) in [7, 11) is 2.24. The lowest BCUT2D eigenvalue weighted by Gasteiger charge is -2.34. The Hall–Kier alpha value is -0.0800. The molecule has 0 aliphatic heterocycles. The minimum Gasteiger partial charge on any atom is -0.317 e. The average molecular weight is 214 g/mol. The molecule has 2 nitrogen and oxygen atoms in total. The molecule has 0 aromatic heterocycles. The highest BCUT2D eigenvalue weighted by molar-refractivity contribution is 4.76. The Bertz CT molecular complexity index is 143. The van der Waals surface area contributed by atoms with Crippen molar-refractivity contribution >= 4 is 0 Å². The highest BCUT2D eigenvalue weighted by atomic mass is 15.2. The highest BCUT2D eigenvalue weighted by Gasteiger charge is 2.19. The quantitative estimate of drug-likeness (QED) is 0.594. The summed E-state index contributed by atoms with van der Waals surface area (Å²) in [5.41, 5.74) is 0.363. The normalized spacial score (nSPS) is 12.4. The van der Waals surface area contributed by atoms with E-state index in [1.165, 1.54) is 38.8 Å². The lowest BCUT2D eigenvalue weighted by atomic mass is 9.99. The van der Waals surface area contributed by atoms with E-state index in [0.29, 0.717) is 5.54 Å². The largest absolute Gasteiger partial charge is 0.317 e. The molecule has 0 atom stereocenters. The summed E-state index contributed by atoms with van der Waals surface area (Å²) >= 11 is 0. The maximum atomic E-state index is 3.36. The Labute approximate surface area is 96.4 Å². The third-order valence-electron chi connectivity index (χ3n) is 3.50. The summed E-state index contributed by atoms with van der Waals surface area (Å²) in [4.78, 5) is 2.49. The van der Waals surface area contributed by atoms with Gasteiger partial charge in [-0.05, 0) is 59.8 Å². The molecule has 0 aliphatic rings. The van der Waals surface area contributed by atoms with Crippen molar-refractivity contribution in [1.29, 1.82) is 0 Å². The van der Waals surface area contributed by atoms with Gasteiger partial charge in [0.25, 0.3) is 0 Å². The van der Waals surface area contributed by atoms with Crippen LogP contribution in [-0.4, -0.2) is 37.1 Å². The summed E-state index contributed by atoms with van der Waals surface area (Å²) < 4.78 is 0. The number of unbranched alkanes of at least 4 members (excludes halogenated alkanes) is 2. The van der Waals surface area contributed by atoms with Crippen molar-refractivity contribution in [3.63, 3.8) is 0 Å². The molecule has 0 unspecified atom stereocenters. The van der Waals surface area contributed by atoms with Gasteiger partial charge in [0, 0.05) is 5.54 Å². The maximum absolute atomic E-state index is 3.36. The molecule has 0 aromatic rings. The summed E-state index contributed by atoms with van der Waals surface area (Å²) in [5.74, 6) is 0. The monoisotopic (exact) mass is 214 g/mol. The van der Waals surface area contributed by atoms with E-state index in [-0.39, 0.29) is 0 Å². The standard InChI is InChI=1S/C13H30N2/c1-6-13(3,4)15(5)12-10-8-9-11-14-7-2/h14H,6-12H2,1-5H3. The van der Waals surface area contributed by atoms with Crippen molar-refractivity contribution in [1.82, 2.24) is 10.2 Å². The second-order valence-electron chi connectivity index (χ2n) is 5.00. The fourth-order valence-corrected chi connectivity index (χ4v) is 1.53. The lowest BCUT2D eigenvalue weighted by molar-refractivity contribution is 0.148. The summed E-state index contributed by atoms with van der Waals surface area (Å²) in [5, 5.41) is 3.36. The molecular weight excluding hydrogens is 184 g/mol. The van der Waals surface area contributed by atoms with Crippen molar-refractivity contribution < 1.29 is 0 Å². The Morgan fingerprint density at radius 1 is 1.07 bits per heavy atom. The van der Waals surface area contributed by atoms with Crippen molar-refractivity contribution in [2.75, 3.05) is 26.7 Å². The molecule has 15 heavy (non-hydrogen) atoms. The van der Waals surface area contributed by atoms with E-state index in [9.17, 15) is 0 Å². The first-order valence-corrected chi connectivity index (χ1v) is 6.46. The number of nitrogens with zero attached hydrogens (tertiary/aromatic N) is 1. The third kappa shape index (κ3) is 6.91. The summed E-state index contributed by atoms with van der Waals surface area (Å²) in [6, 6.07) is 0. The van der Waals surface area contributed by atoms with E-state index < -0.39 is 0 Å². The average Bonchev–Trinajstić information content (AvgIpc) is 2.22. The zero-order chi connectivity index (χ0) is 11.7. The molecule has 0 saturated heterocycles. The molecule has 92 valence electrons. The smallest absolute Gasteiger partial charge is 0.0147 e. The number of hydrogen-bond acceptors (Lipinski definition) is 2. The van der Waals surface area contributed by atoms with Gasteiger partial charge in [0.2, 0.25) is 0 Å². The van der Waals surface area contributed by atoms with Gasteiger partial charge in [-0.2, -0.15) is 0 Å². The van der Waals surface area contributed by atoms with E-state index in [0.717, 1.165) is 6.54 Å². The number of nitrogens with one attached hydrogen (secondary N) is 1. The predicted molar refractivity (Wildman–Crippen MR) is 69.4 cm³/mol. The Balaban J connectivity index is 3.43. The first-order chi connectivity index (χ1) is 7.04. The van der Waals surface area contributed by atoms with Crippen LogP contribution < -0.4 is 5.32 Å². The van der Waals surface area contributed by atoms with Gasteiger partial charge in [-0.25, -0.2) is 0 Å². The molecule has 0 bridgehead atoms. The van der Waals surface area contributed by atoms with Crippen LogP contribution in [0.25, 0.3) is 0 Å². The van der Waals surface area contributed by atoms with Gasteiger partial charge in [0.15, 0.2) is 0 Å². The minimum absolute atomic E-state index is 0.363. The van der Waals surface area contributed by atoms with Gasteiger partial charge in [0.1, 0.15) is 0 Å². The van der Waals surface area contributed by atoms with Crippen LogP contribution >= 0.6 is 0 Å². The molecule has 2 heteroatoms. The first-order valence-electron chi connectivity index (χ1n) is 6.46. The van der Waals surface area contributed by atoms with Crippen LogP contribution in [0.15, 0.2) is 0 Å². The second kappa shape index (κ2) is 8.12. The van der Waals surface area contributed by atoms with Gasteiger partial charge in [0.05, 0.1) is 0 Å². The van der Waals surface area contributed by atoms with Gasteiger partial charge in [-0.1, -0.05) is 20.3 Å². The zero-order valence-corrected chi connectivity index (χ0v) is 11.4. The molecule has 0 amide bonds. The third-order valence-corrected chi connectivity index (χ3v) is 3.50. The van der Waals surface area contributed by atoms with Crippen molar-refractivity contribution in [3.05, 3.63) is 0 Å². The number of rotatable bonds is 9. The Kier molecular flexibility index (Phi) is 8.07. The minimum atomic E-state index is 0.363. The Morgan fingerprint density at radius 2 is 1.73 bits per heavy atom. The van der Waals surface area contributed by atoms with Crippen molar-refractivity contribution in [2.45, 2.75) is 58.9 Å². The molecule has 0 radical (unpaired) electrons. The van der Waals surface area contributed by atoms with Crippen LogP contribution in [0, 0.1) is 0 Å². The van der Waals surface area contributed by atoms with E-state index in [1.807, 2.05) is 0 Å². The van der Waals surface area contributed by atoms with Crippen molar-refractivity contribution in [2.24, 2.45) is 0 Å². The van der Waals surface area contributed by atoms with Crippen LogP contribution in [0.2, 0.25) is 0 Å². The topological polar surface area (TPSA) is 15.3 Å². The molecule has 0 aromatic carbocycles. The van der Waals surface area contributed by atoms with Gasteiger partial charge < -0.3 is 10.2 Å². The van der Waals surface area contributed by atoms with Crippen LogP contribution in [-0.2, 0) is 0 Å². The summed E-state index contributed by atoms with van der Waals surface area (Å²) in [6.45, 7) is 12.6. The SMILES string of the molecule is CCNCCCCCN(C)C(C)(C)CC. The number of hydrogen-bond donors (Lipinski definition) is 1. The summed E-state index contributed by atoms with van der Waals surface area (Å²) in [6.07, 6.45) is 5.21. The molecule has 0 saturated carbocycles. The zero-order valence-electron chi connectivity index (χ0n) is 11.4. The van der Waals surface area contributed by atoms with Crippen LogP contribution in [0.3, 0.4) is 0 Å². The van der Waals surface area contributed by atoms with E-state index in [4.69, 9.17) is 0 Å². The second-order valence-corrected chi connectivity index (χ2v) is 5.00. The Morgan fingerprint density at radius 3 is 2.27 bits per heavy atom. The molecule has 0 fully saturated rings. The molecule has 0 spiro atoms. The van der Waals surface area contributed by atoms with Crippen molar-refractivity contribution in [3.8, 4) is 0 Å². The van der Waals surface area contributed by atoms with Crippen LogP contribution in [0.4, 0.5) is 0 Å². The lowest BCUT2D eigenvalue weighted by Crippen LogP contribution is -2.40. The highest BCUT2D eigenvalue weighted by Crippen LogP contribution is 2.16. The predicted octanol–water partition coefficient (Wildman–Crippen LogP) is 2.89.